The number of aliphatic hydroxyl groups is 18. The monoisotopic (exact) mass is 1680 g/mol. The van der Waals surface area contributed by atoms with Crippen LogP contribution in [0.15, 0.2) is 12.2 Å². The molecule has 32 atom stereocenters. The molecule has 12 unspecified atom stereocenters. The Morgan fingerprint density at radius 1 is 0.353 bits per heavy atom. The van der Waals surface area contributed by atoms with E-state index in [-0.39, 0.29) is 12.3 Å². The smallest absolute Gasteiger partial charge is 0.220 e. The lowest BCUT2D eigenvalue weighted by molar-refractivity contribution is -0.396. The van der Waals surface area contributed by atoms with Crippen LogP contribution in [0, 0.1) is 0 Å². The van der Waals surface area contributed by atoms with Crippen LogP contribution in [-0.4, -0.2) is 340 Å². The molecule has 0 aromatic heterocycles. The van der Waals surface area contributed by atoms with Crippen LogP contribution in [0.2, 0.25) is 0 Å². The Labute approximate surface area is 685 Å². The van der Waals surface area contributed by atoms with Gasteiger partial charge in [0.1, 0.15) is 140 Å². The highest BCUT2D eigenvalue weighted by Gasteiger charge is 2.59. The number of hydrogen-bond acceptors (Lipinski definition) is 32. The van der Waals surface area contributed by atoms with Crippen molar-refractivity contribution in [2.45, 2.75) is 455 Å². The minimum Gasteiger partial charge on any atom is -0.394 e. The lowest BCUT2D eigenvalue weighted by Crippen LogP contribution is -2.71. The van der Waals surface area contributed by atoms with Crippen molar-refractivity contribution in [1.82, 2.24) is 10.6 Å². The fourth-order valence-corrected chi connectivity index (χ4v) is 16.0. The molecule has 6 heterocycles. The molecule has 116 heavy (non-hydrogen) atoms. The number of hydrogen-bond donors (Lipinski definition) is 20. The summed E-state index contributed by atoms with van der Waals surface area (Å²) < 4.78 is 71.5. The molecule has 0 aromatic carbocycles. The van der Waals surface area contributed by atoms with Gasteiger partial charge >= 0.3 is 0 Å². The van der Waals surface area contributed by atoms with E-state index in [1.54, 1.807) is 6.08 Å². The predicted octanol–water partition coefficient (Wildman–Crippen LogP) is 1.58. The van der Waals surface area contributed by atoms with E-state index in [1.807, 2.05) is 6.08 Å². The van der Waals surface area contributed by atoms with Gasteiger partial charge in [0.2, 0.25) is 11.8 Å². The number of aliphatic hydroxyl groups excluding tert-OH is 18. The van der Waals surface area contributed by atoms with Crippen LogP contribution in [0.25, 0.3) is 0 Å². The van der Waals surface area contributed by atoms with Crippen molar-refractivity contribution in [3.05, 3.63) is 12.2 Å². The molecular formula is C82H150N2O32. The van der Waals surface area contributed by atoms with Crippen LogP contribution in [0.1, 0.15) is 259 Å². The zero-order valence-corrected chi connectivity index (χ0v) is 69.1. The summed E-state index contributed by atoms with van der Waals surface area (Å²) in [6.45, 7) is 1.32. The standard InChI is InChI=1S/C82H150N2O32/c1-5-7-9-11-13-15-17-19-20-21-22-23-24-25-26-27-28-30-32-34-36-38-40-42-58(92)84-51(52(91)41-39-37-35-33-31-29-18-16-14-12-10-8-6-2)48-105-78-69(102)66(99)72(56(46-88)111-78)112-81-71(104)76(63(96)55(45-87)108-81)116-82-70(103)75(62(95)54(44-86)109-82)115-77-59(83-50(4)90)74(114-79-67(100)64(97)60(93)49(3)106-79)73(57(47-89)110-77)113-80-68(101)65(98)61(94)53(43-85)107-80/h39,41,49,51-57,59-82,85-89,91,93-104H,5-38,40,42-48H2,1-4H3,(H,83,90)(H,84,92)/b41-39+/t49?,51-,52+,53?,54?,55?,56?,57?,59?,60+,61-,62-,63-,64?,65-,66+,67-,68?,69?,70?,71?,72+,73+,74+,75-,76-,77-,78+,79+,80-,81-,82+/m0/s1. The maximum absolute atomic E-state index is 13.6. The molecule has 20 N–H and O–H groups in total. The minimum absolute atomic E-state index is 0.176. The van der Waals surface area contributed by atoms with Crippen molar-refractivity contribution < 1.29 is 158 Å². The molecule has 0 spiro atoms. The molecule has 2 amide bonds. The number of allylic oxidation sites excluding steroid dienone is 1. The fourth-order valence-electron chi connectivity index (χ4n) is 16.0. The number of rotatable bonds is 58. The van der Waals surface area contributed by atoms with Crippen molar-refractivity contribution in [1.29, 1.82) is 0 Å². The quantitative estimate of drug-likeness (QED) is 0.0304. The Morgan fingerprint density at radius 2 is 0.690 bits per heavy atom. The lowest BCUT2D eigenvalue weighted by atomic mass is 9.93. The van der Waals surface area contributed by atoms with E-state index >= 15 is 0 Å². The first kappa shape index (κ1) is 102. The highest BCUT2D eigenvalue weighted by atomic mass is 16.8. The van der Waals surface area contributed by atoms with Gasteiger partial charge in [-0.15, -0.1) is 0 Å². The SMILES string of the molecule is CCCCCCCCCCCCC/C=C/[C@@H](O)[C@H](CO[C@@H]1OC(CO)[C@@H](O[C@@H]2OC(CO)[C@H](O)[C@H](O[C@H]3OC(CO)[C@H](O)[C@H](O[C@@H]4OC(CO)[C@@H](O[C@@H]5OC(CO)[C@H](O)[C@H](O)C5O)[C@H](O[C@H]5OC(C)[C@@H](O)C(O)[C@@H]5O)C4NC(C)=O)C3O)C2O)[C@H](O)C1O)NC(=O)CCCCCCCCCCCCCCCCCCCCCCCCC. The Hall–Kier alpha value is -2.52. The average molecular weight is 1680 g/mol. The summed E-state index contributed by atoms with van der Waals surface area (Å²) in [5, 5.41) is 206. The largest absolute Gasteiger partial charge is 0.394 e. The third kappa shape index (κ3) is 32.5. The van der Waals surface area contributed by atoms with Crippen molar-refractivity contribution in [2.75, 3.05) is 39.6 Å². The van der Waals surface area contributed by atoms with Crippen LogP contribution in [0.5, 0.6) is 0 Å². The van der Waals surface area contributed by atoms with Gasteiger partial charge in [-0.3, -0.25) is 9.59 Å². The summed E-state index contributed by atoms with van der Waals surface area (Å²) >= 11 is 0. The maximum Gasteiger partial charge on any atom is 0.220 e. The Balaban J connectivity index is 1.07. The summed E-state index contributed by atoms with van der Waals surface area (Å²) in [5.41, 5.74) is 0. The van der Waals surface area contributed by atoms with Crippen LogP contribution < -0.4 is 10.6 Å². The number of carbonyl (C=O) groups excluding carboxylic acids is 2. The van der Waals surface area contributed by atoms with Crippen LogP contribution in [0.3, 0.4) is 0 Å². The predicted molar refractivity (Wildman–Crippen MR) is 418 cm³/mol. The van der Waals surface area contributed by atoms with Crippen molar-refractivity contribution in [2.24, 2.45) is 0 Å². The molecule has 0 radical (unpaired) electrons. The van der Waals surface area contributed by atoms with Crippen molar-refractivity contribution in [3.63, 3.8) is 0 Å². The van der Waals surface area contributed by atoms with Gasteiger partial charge < -0.3 is 159 Å². The van der Waals surface area contributed by atoms with Gasteiger partial charge in [0.25, 0.3) is 0 Å². The van der Waals surface area contributed by atoms with Gasteiger partial charge in [0, 0.05) is 13.3 Å². The number of amides is 2. The van der Waals surface area contributed by atoms with Gasteiger partial charge in [-0.25, -0.2) is 0 Å². The summed E-state index contributed by atoms with van der Waals surface area (Å²) in [6, 6.07) is -2.92. The zero-order chi connectivity index (χ0) is 84.6. The molecule has 680 valence electrons. The molecule has 0 aromatic rings. The van der Waals surface area contributed by atoms with E-state index < -0.39 is 242 Å². The third-order valence-corrected chi connectivity index (χ3v) is 23.3. The van der Waals surface area contributed by atoms with E-state index in [9.17, 15) is 102 Å². The molecule has 0 saturated carbocycles. The topological polar surface area (TPSA) is 533 Å². The molecular weight excluding hydrogens is 1520 g/mol. The second kappa shape index (κ2) is 56.4. The summed E-state index contributed by atoms with van der Waals surface area (Å²) in [6.07, 6.45) is -11.3. The molecule has 6 aliphatic heterocycles. The summed E-state index contributed by atoms with van der Waals surface area (Å²) in [5.74, 6) is -1.22. The fraction of sp³-hybridized carbons (Fsp3) is 0.951. The molecule has 0 bridgehead atoms. The van der Waals surface area contributed by atoms with Crippen LogP contribution in [0.4, 0.5) is 0 Å². The highest BCUT2D eigenvalue weighted by molar-refractivity contribution is 5.76. The molecule has 34 heteroatoms. The summed E-state index contributed by atoms with van der Waals surface area (Å²) in [4.78, 5) is 26.8. The molecule has 34 nitrogen and oxygen atoms in total. The third-order valence-electron chi connectivity index (χ3n) is 23.3. The minimum atomic E-state index is -2.31. The van der Waals surface area contributed by atoms with E-state index in [2.05, 4.69) is 24.5 Å². The first-order chi connectivity index (χ1) is 55.9. The van der Waals surface area contributed by atoms with E-state index in [0.717, 1.165) is 58.3 Å². The van der Waals surface area contributed by atoms with Crippen molar-refractivity contribution >= 4 is 11.8 Å². The van der Waals surface area contributed by atoms with Gasteiger partial charge in [-0.2, -0.15) is 0 Å². The van der Waals surface area contributed by atoms with E-state index in [0.29, 0.717) is 12.8 Å². The zero-order valence-electron chi connectivity index (χ0n) is 69.1. The molecule has 6 aliphatic rings. The Bertz CT molecular complexity index is 2600. The van der Waals surface area contributed by atoms with Crippen molar-refractivity contribution in [3.8, 4) is 0 Å². The van der Waals surface area contributed by atoms with Gasteiger partial charge in [0.05, 0.1) is 57.9 Å². The second-order valence-electron chi connectivity index (χ2n) is 32.7. The van der Waals surface area contributed by atoms with Gasteiger partial charge in [-0.05, 0) is 26.2 Å². The maximum atomic E-state index is 13.6. The number of nitrogens with one attached hydrogen (secondary N) is 2. The normalized spacial score (nSPS) is 36.4. The Morgan fingerprint density at radius 3 is 1.13 bits per heavy atom. The molecule has 6 saturated heterocycles. The number of carbonyl (C=O) groups is 2. The van der Waals surface area contributed by atoms with Crippen LogP contribution >= 0.6 is 0 Å². The average Bonchev–Trinajstić information content (AvgIpc) is 0.762. The first-order valence-electron chi connectivity index (χ1n) is 43.8. The van der Waals surface area contributed by atoms with E-state index in [4.69, 9.17) is 56.8 Å². The number of ether oxygens (including phenoxy) is 12. The van der Waals surface area contributed by atoms with E-state index in [1.165, 1.54) is 167 Å². The molecule has 6 rings (SSSR count). The molecule has 6 fully saturated rings. The van der Waals surface area contributed by atoms with Crippen LogP contribution in [-0.2, 0) is 66.4 Å². The van der Waals surface area contributed by atoms with Gasteiger partial charge in [-0.1, -0.05) is 231 Å². The first-order valence-corrected chi connectivity index (χ1v) is 43.8. The van der Waals surface area contributed by atoms with Gasteiger partial charge in [0.15, 0.2) is 37.7 Å². The Kier molecular flexibility index (Phi) is 49.7. The number of unbranched alkanes of at least 4 members (excludes halogenated alkanes) is 33. The highest BCUT2D eigenvalue weighted by Crippen LogP contribution is 2.39. The summed E-state index contributed by atoms with van der Waals surface area (Å²) in [7, 11) is 0. The molecule has 0 aliphatic carbocycles. The second-order valence-corrected chi connectivity index (χ2v) is 32.7. The lowest BCUT2D eigenvalue weighted by Gasteiger charge is -2.51.